The highest BCUT2D eigenvalue weighted by Gasteiger charge is 1.89. The van der Waals surface area contributed by atoms with Crippen molar-refractivity contribution in [1.82, 2.24) is 4.98 Å². The van der Waals surface area contributed by atoms with Crippen molar-refractivity contribution in [2.45, 2.75) is 0 Å². The maximum atomic E-state index is 9.62. The van der Waals surface area contributed by atoms with Gasteiger partial charge in [0, 0.05) is 11.6 Å². The van der Waals surface area contributed by atoms with Crippen LogP contribution in [0.1, 0.15) is 1.43 Å². The van der Waals surface area contributed by atoms with E-state index in [2.05, 4.69) is 9.72 Å². The van der Waals surface area contributed by atoms with Gasteiger partial charge in [0.2, 0.25) is 0 Å². The SMILES string of the molecule is O=COc1nccs1.[H+]. The molecule has 8 heavy (non-hydrogen) atoms. The second-order valence-corrected chi connectivity index (χ2v) is 1.87. The van der Waals surface area contributed by atoms with Gasteiger partial charge in [-0.2, -0.15) is 0 Å². The average Bonchev–Trinajstić information content (AvgIpc) is 2.19. The number of ether oxygens (including phenoxy) is 1. The zero-order valence-corrected chi connectivity index (χ0v) is 4.72. The summed E-state index contributed by atoms with van der Waals surface area (Å²) in [5.74, 6) is 0. The van der Waals surface area contributed by atoms with Gasteiger partial charge in [-0.05, 0) is 0 Å². The second kappa shape index (κ2) is 2.42. The smallest absolute Gasteiger partial charge is 0.400 e. The molecule has 1 aromatic rings. The molecule has 0 bridgehead atoms. The molecule has 0 saturated heterocycles. The molecule has 0 aliphatic heterocycles. The second-order valence-electron chi connectivity index (χ2n) is 1.01. The summed E-state index contributed by atoms with van der Waals surface area (Å²) in [5.41, 5.74) is 0. The number of aromatic nitrogens is 1. The predicted octanol–water partition coefficient (Wildman–Crippen LogP) is 0.791. The molecule has 1 aromatic heterocycles. The van der Waals surface area contributed by atoms with Crippen LogP contribution in [0.3, 0.4) is 0 Å². The molecular weight excluding hydrogens is 126 g/mol. The standard InChI is InChI=1S/C4H3NO2S/c6-3-7-4-5-1-2-8-4/h1-3H/p+1. The molecule has 1 rings (SSSR count). The Bertz CT molecular complexity index is 165. The molecule has 3 nitrogen and oxygen atoms in total. The molecule has 0 radical (unpaired) electrons. The van der Waals surface area contributed by atoms with Gasteiger partial charge in [-0.15, -0.1) is 0 Å². The number of hydrogen-bond acceptors (Lipinski definition) is 4. The number of rotatable bonds is 2. The van der Waals surface area contributed by atoms with Crippen molar-refractivity contribution >= 4 is 17.8 Å². The Balaban J connectivity index is 0.000000640. The van der Waals surface area contributed by atoms with Crippen molar-refractivity contribution in [1.29, 1.82) is 0 Å². The minimum atomic E-state index is 0. The maximum Gasteiger partial charge on any atom is 1.00 e. The minimum absolute atomic E-state index is 0. The zero-order valence-electron chi connectivity index (χ0n) is 4.90. The predicted molar refractivity (Wildman–Crippen MR) is 29.9 cm³/mol. The van der Waals surface area contributed by atoms with Crippen LogP contribution in [0.4, 0.5) is 0 Å². The summed E-state index contributed by atoms with van der Waals surface area (Å²) in [6.45, 7) is 0.360. The van der Waals surface area contributed by atoms with E-state index in [0.29, 0.717) is 11.7 Å². The number of nitrogens with zero attached hydrogens (tertiary/aromatic N) is 1. The Morgan fingerprint density at radius 2 is 2.88 bits per heavy atom. The van der Waals surface area contributed by atoms with E-state index in [1.807, 2.05) is 0 Å². The van der Waals surface area contributed by atoms with Gasteiger partial charge in [0.25, 0.3) is 11.7 Å². The minimum Gasteiger partial charge on any atom is -0.400 e. The summed E-state index contributed by atoms with van der Waals surface area (Å²) in [7, 11) is 0. The van der Waals surface area contributed by atoms with Gasteiger partial charge < -0.3 is 4.74 Å². The van der Waals surface area contributed by atoms with Crippen molar-refractivity contribution < 1.29 is 11.0 Å². The van der Waals surface area contributed by atoms with Gasteiger partial charge in [-0.3, -0.25) is 4.79 Å². The summed E-state index contributed by atoms with van der Waals surface area (Å²) in [5, 5.41) is 2.12. The first-order chi connectivity index (χ1) is 3.93. The van der Waals surface area contributed by atoms with Crippen LogP contribution in [-0.2, 0) is 4.79 Å². The normalized spacial score (nSPS) is 8.50. The molecule has 0 N–H and O–H groups in total. The molecule has 4 heteroatoms. The third-order valence-corrected chi connectivity index (χ3v) is 1.22. The highest BCUT2D eigenvalue weighted by molar-refractivity contribution is 7.11. The van der Waals surface area contributed by atoms with Crippen LogP contribution in [0.2, 0.25) is 0 Å². The van der Waals surface area contributed by atoms with Gasteiger partial charge in [0.15, 0.2) is 0 Å². The van der Waals surface area contributed by atoms with E-state index in [1.165, 1.54) is 11.3 Å². The number of carbonyl (C=O) groups excluding carboxylic acids is 1. The first-order valence-corrected chi connectivity index (χ1v) is 2.81. The molecule has 0 fully saturated rings. The summed E-state index contributed by atoms with van der Waals surface area (Å²) in [4.78, 5) is 13.3. The molecule has 1 heterocycles. The molecule has 42 valence electrons. The lowest BCUT2D eigenvalue weighted by molar-refractivity contribution is -0.120. The van der Waals surface area contributed by atoms with E-state index in [-0.39, 0.29) is 1.43 Å². The van der Waals surface area contributed by atoms with Crippen LogP contribution in [0, 0.1) is 0 Å². The molecule has 0 atom stereocenters. The maximum absolute atomic E-state index is 9.62. The molecule has 0 aliphatic carbocycles. The first kappa shape index (κ1) is 5.24. The number of thiazole rings is 1. The van der Waals surface area contributed by atoms with Crippen LogP contribution in [-0.4, -0.2) is 11.5 Å². The van der Waals surface area contributed by atoms with E-state index >= 15 is 0 Å². The molecule has 0 spiro atoms. The quantitative estimate of drug-likeness (QED) is 0.555. The lowest BCUT2D eigenvalue weighted by Gasteiger charge is -1.82. The Morgan fingerprint density at radius 3 is 3.38 bits per heavy atom. The Kier molecular flexibility index (Phi) is 1.58. The van der Waals surface area contributed by atoms with E-state index in [0.717, 1.165) is 0 Å². The van der Waals surface area contributed by atoms with Gasteiger partial charge in [-0.1, -0.05) is 11.3 Å². The summed E-state index contributed by atoms with van der Waals surface area (Å²) in [6, 6.07) is 0. The fraction of sp³-hybridized carbons (Fsp3) is 0. The van der Waals surface area contributed by atoms with Crippen molar-refractivity contribution in [2.24, 2.45) is 0 Å². The average molecular weight is 130 g/mol. The highest BCUT2D eigenvalue weighted by atomic mass is 32.1. The van der Waals surface area contributed by atoms with Crippen molar-refractivity contribution in [3.8, 4) is 5.19 Å². The molecule has 0 aromatic carbocycles. The van der Waals surface area contributed by atoms with E-state index in [9.17, 15) is 4.79 Å². The van der Waals surface area contributed by atoms with Gasteiger partial charge in [-0.25, -0.2) is 4.98 Å². The van der Waals surface area contributed by atoms with Crippen molar-refractivity contribution in [3.63, 3.8) is 0 Å². The van der Waals surface area contributed by atoms with Crippen molar-refractivity contribution in [3.05, 3.63) is 11.6 Å². The Hall–Kier alpha value is -0.900. The fourth-order valence-corrected chi connectivity index (χ4v) is 0.764. The fourth-order valence-electron chi connectivity index (χ4n) is 0.310. The monoisotopic (exact) mass is 130 g/mol. The van der Waals surface area contributed by atoms with Crippen LogP contribution in [0.25, 0.3) is 0 Å². The van der Waals surface area contributed by atoms with E-state index < -0.39 is 0 Å². The van der Waals surface area contributed by atoms with Crippen LogP contribution in [0.5, 0.6) is 5.19 Å². The molecule has 0 aliphatic rings. The number of carbonyl (C=O) groups is 1. The third kappa shape index (κ3) is 1.04. The van der Waals surface area contributed by atoms with Crippen LogP contribution < -0.4 is 4.74 Å². The summed E-state index contributed by atoms with van der Waals surface area (Å²) >= 11 is 1.28. The van der Waals surface area contributed by atoms with Gasteiger partial charge >= 0.3 is 1.43 Å². The first-order valence-electron chi connectivity index (χ1n) is 1.93. The van der Waals surface area contributed by atoms with Crippen molar-refractivity contribution in [2.75, 3.05) is 0 Å². The highest BCUT2D eigenvalue weighted by Crippen LogP contribution is 2.11. The Morgan fingerprint density at radius 1 is 2.00 bits per heavy atom. The largest absolute Gasteiger partial charge is 1.00 e. The summed E-state index contributed by atoms with van der Waals surface area (Å²) < 4.78 is 4.37. The van der Waals surface area contributed by atoms with Crippen LogP contribution in [0.15, 0.2) is 11.6 Å². The summed E-state index contributed by atoms with van der Waals surface area (Å²) in [6.07, 6.45) is 1.57. The Labute approximate surface area is 51.4 Å². The van der Waals surface area contributed by atoms with Gasteiger partial charge in [0.1, 0.15) is 0 Å². The lowest BCUT2D eigenvalue weighted by Crippen LogP contribution is -1.85. The molecule has 0 amide bonds. The third-order valence-electron chi connectivity index (χ3n) is 0.559. The lowest BCUT2D eigenvalue weighted by atomic mass is 11.0. The van der Waals surface area contributed by atoms with E-state index in [1.54, 1.807) is 11.6 Å². The molecular formula is C4H4NO2S+. The zero-order chi connectivity index (χ0) is 5.82. The van der Waals surface area contributed by atoms with Crippen LogP contribution >= 0.6 is 11.3 Å². The number of hydrogen-bond donors (Lipinski definition) is 0. The molecule has 0 saturated carbocycles. The van der Waals surface area contributed by atoms with E-state index in [4.69, 9.17) is 0 Å². The topological polar surface area (TPSA) is 39.2 Å². The van der Waals surface area contributed by atoms with Gasteiger partial charge in [0.05, 0.1) is 0 Å². The molecule has 0 unspecified atom stereocenters.